The molecule has 0 heterocycles. The Labute approximate surface area is 188 Å². The van der Waals surface area contributed by atoms with Crippen molar-refractivity contribution < 1.29 is 15.0 Å². The molecule has 3 N–H and O–H groups in total. The zero-order valence-corrected chi connectivity index (χ0v) is 18.4. The second kappa shape index (κ2) is 11.1. The fourth-order valence-corrected chi connectivity index (χ4v) is 3.84. The van der Waals surface area contributed by atoms with Gasteiger partial charge in [-0.05, 0) is 71.5 Å². The van der Waals surface area contributed by atoms with Crippen LogP contribution >= 0.6 is 11.6 Å². The number of carboxylic acids is 1. The summed E-state index contributed by atoms with van der Waals surface area (Å²) in [6.07, 6.45) is 2.06. The Balaban J connectivity index is 1.57. The molecular weight excluding hydrogens is 410 g/mol. The normalized spacial score (nSPS) is 12.0. The molecule has 5 heteroatoms. The monoisotopic (exact) mass is 437 g/mol. The summed E-state index contributed by atoms with van der Waals surface area (Å²) in [4.78, 5) is 11.3. The Morgan fingerprint density at radius 2 is 1.81 bits per heavy atom. The molecule has 0 radical (unpaired) electrons. The van der Waals surface area contributed by atoms with Gasteiger partial charge in [-0.3, -0.25) is 0 Å². The number of benzene rings is 3. The molecule has 0 saturated carbocycles. The molecule has 162 valence electrons. The molecule has 3 aromatic carbocycles. The van der Waals surface area contributed by atoms with Crippen molar-refractivity contribution in [2.75, 3.05) is 13.1 Å². The molecule has 0 unspecified atom stereocenters. The van der Waals surface area contributed by atoms with Gasteiger partial charge in [-0.25, -0.2) is 4.79 Å². The summed E-state index contributed by atoms with van der Waals surface area (Å²) in [5, 5.41) is 23.4. The highest BCUT2D eigenvalue weighted by molar-refractivity contribution is 6.30. The van der Waals surface area contributed by atoms with E-state index in [1.165, 1.54) is 5.56 Å². The molecule has 0 saturated heterocycles. The van der Waals surface area contributed by atoms with E-state index in [0.29, 0.717) is 17.1 Å². The molecule has 3 rings (SSSR count). The molecule has 0 aliphatic heterocycles. The van der Waals surface area contributed by atoms with Crippen molar-refractivity contribution in [3.63, 3.8) is 0 Å². The van der Waals surface area contributed by atoms with E-state index in [1.807, 2.05) is 18.2 Å². The number of aromatic carboxylic acids is 1. The third kappa shape index (κ3) is 6.41. The molecule has 0 fully saturated rings. The van der Waals surface area contributed by atoms with Gasteiger partial charge in [0, 0.05) is 11.6 Å². The van der Waals surface area contributed by atoms with Crippen molar-refractivity contribution in [1.29, 1.82) is 0 Å². The van der Waals surface area contributed by atoms with Crippen LogP contribution in [0.2, 0.25) is 5.02 Å². The predicted molar refractivity (Wildman–Crippen MR) is 126 cm³/mol. The van der Waals surface area contributed by atoms with Crippen LogP contribution in [-0.4, -0.2) is 29.3 Å². The Bertz CT molecular complexity index is 1020. The Hall–Kier alpha value is -2.66. The first-order valence-corrected chi connectivity index (χ1v) is 11.0. The second-order valence-electron chi connectivity index (χ2n) is 7.65. The first-order chi connectivity index (χ1) is 15.0. The van der Waals surface area contributed by atoms with Crippen LogP contribution in [0.1, 0.15) is 46.5 Å². The van der Waals surface area contributed by atoms with Crippen LogP contribution < -0.4 is 5.32 Å². The lowest BCUT2D eigenvalue weighted by molar-refractivity contribution is 0.0696. The molecule has 0 aliphatic carbocycles. The fourth-order valence-electron chi connectivity index (χ4n) is 3.64. The molecule has 4 nitrogen and oxygen atoms in total. The van der Waals surface area contributed by atoms with Crippen molar-refractivity contribution in [1.82, 2.24) is 5.32 Å². The van der Waals surface area contributed by atoms with Crippen LogP contribution in [0.3, 0.4) is 0 Å². The van der Waals surface area contributed by atoms with E-state index in [9.17, 15) is 15.0 Å². The zero-order valence-electron chi connectivity index (χ0n) is 17.6. The number of aliphatic hydroxyl groups excluding tert-OH is 1. The number of hydrogen-bond donors (Lipinski definition) is 3. The van der Waals surface area contributed by atoms with Gasteiger partial charge in [0.05, 0.1) is 11.7 Å². The largest absolute Gasteiger partial charge is 0.478 e. The second-order valence-corrected chi connectivity index (χ2v) is 8.09. The smallest absolute Gasteiger partial charge is 0.335 e. The number of halogens is 1. The highest BCUT2D eigenvalue weighted by atomic mass is 35.5. The highest BCUT2D eigenvalue weighted by Gasteiger charge is 2.10. The summed E-state index contributed by atoms with van der Waals surface area (Å²) in [5.74, 6) is -0.896. The summed E-state index contributed by atoms with van der Waals surface area (Å²) in [6, 6.07) is 21.0. The minimum absolute atomic E-state index is 0.329. The fraction of sp³-hybridized carbons (Fsp3) is 0.269. The van der Waals surface area contributed by atoms with E-state index in [4.69, 9.17) is 11.6 Å². The van der Waals surface area contributed by atoms with Gasteiger partial charge in [-0.2, -0.15) is 0 Å². The van der Waals surface area contributed by atoms with Crippen LogP contribution in [0.15, 0.2) is 66.7 Å². The summed E-state index contributed by atoms with van der Waals surface area (Å²) >= 11 is 5.98. The van der Waals surface area contributed by atoms with Gasteiger partial charge in [0.2, 0.25) is 0 Å². The maximum Gasteiger partial charge on any atom is 0.335 e. The standard InChI is InChI=1S/C26H28ClNO3/c1-2-4-20-15-22(26(30)31)11-12-24(20)19-9-7-18(8-10-19)13-14-28-17-25(29)21-5-3-6-23(27)16-21/h3,5-12,15-16,25,28-29H,2,4,13-14,17H2,1H3,(H,30,31)/t25-/m0/s1. The van der Waals surface area contributed by atoms with Crippen LogP contribution in [-0.2, 0) is 12.8 Å². The van der Waals surface area contributed by atoms with Crippen molar-refractivity contribution in [3.05, 3.63) is 94.0 Å². The molecule has 0 amide bonds. The van der Waals surface area contributed by atoms with Crippen LogP contribution in [0, 0.1) is 0 Å². The molecule has 3 aromatic rings. The van der Waals surface area contributed by atoms with Crippen LogP contribution in [0.25, 0.3) is 11.1 Å². The highest BCUT2D eigenvalue weighted by Crippen LogP contribution is 2.26. The first-order valence-electron chi connectivity index (χ1n) is 10.6. The number of aliphatic hydroxyl groups is 1. The van der Waals surface area contributed by atoms with E-state index >= 15 is 0 Å². The SMILES string of the molecule is CCCc1cc(C(=O)O)ccc1-c1ccc(CCNC[C@H](O)c2cccc(Cl)c2)cc1. The number of aryl methyl sites for hydroxylation is 1. The summed E-state index contributed by atoms with van der Waals surface area (Å²) < 4.78 is 0. The van der Waals surface area contributed by atoms with Gasteiger partial charge in [-0.15, -0.1) is 0 Å². The molecular formula is C26H28ClNO3. The average molecular weight is 438 g/mol. The van der Waals surface area contributed by atoms with Gasteiger partial charge < -0.3 is 15.5 Å². The van der Waals surface area contributed by atoms with Crippen molar-refractivity contribution in [2.45, 2.75) is 32.3 Å². The Morgan fingerprint density at radius 1 is 1.03 bits per heavy atom. The Morgan fingerprint density at radius 3 is 2.48 bits per heavy atom. The van der Waals surface area contributed by atoms with E-state index in [2.05, 4.69) is 36.5 Å². The average Bonchev–Trinajstić information content (AvgIpc) is 2.77. The molecule has 1 atom stereocenters. The van der Waals surface area contributed by atoms with Crippen LogP contribution in [0.4, 0.5) is 0 Å². The first kappa shape index (κ1) is 23.0. The maximum atomic E-state index is 11.3. The molecule has 31 heavy (non-hydrogen) atoms. The molecule has 0 spiro atoms. The third-order valence-electron chi connectivity index (χ3n) is 5.30. The topological polar surface area (TPSA) is 69.6 Å². The lowest BCUT2D eigenvalue weighted by Crippen LogP contribution is -2.23. The van der Waals surface area contributed by atoms with Gasteiger partial charge in [-0.1, -0.05) is 67.4 Å². The quantitative estimate of drug-likeness (QED) is 0.365. The number of hydrogen-bond acceptors (Lipinski definition) is 3. The third-order valence-corrected chi connectivity index (χ3v) is 5.53. The molecule has 0 aromatic heterocycles. The van der Waals surface area contributed by atoms with E-state index in [1.54, 1.807) is 24.3 Å². The van der Waals surface area contributed by atoms with Crippen molar-refractivity contribution >= 4 is 17.6 Å². The van der Waals surface area contributed by atoms with E-state index < -0.39 is 12.1 Å². The van der Waals surface area contributed by atoms with E-state index in [-0.39, 0.29) is 0 Å². The molecule has 0 aliphatic rings. The lowest BCUT2D eigenvalue weighted by Gasteiger charge is -2.13. The number of carboxylic acid groups (broad SMARTS) is 1. The van der Waals surface area contributed by atoms with Crippen molar-refractivity contribution in [2.24, 2.45) is 0 Å². The summed E-state index contributed by atoms with van der Waals surface area (Å²) in [7, 11) is 0. The number of rotatable bonds is 10. The number of carbonyl (C=O) groups is 1. The minimum Gasteiger partial charge on any atom is -0.478 e. The summed E-state index contributed by atoms with van der Waals surface area (Å²) in [5.41, 5.74) is 5.57. The minimum atomic E-state index is -0.896. The van der Waals surface area contributed by atoms with Gasteiger partial charge >= 0.3 is 5.97 Å². The van der Waals surface area contributed by atoms with Crippen molar-refractivity contribution in [3.8, 4) is 11.1 Å². The summed E-state index contributed by atoms with van der Waals surface area (Å²) in [6.45, 7) is 3.32. The number of nitrogens with one attached hydrogen (secondary N) is 1. The predicted octanol–water partition coefficient (Wildman–Crippen LogP) is 5.52. The van der Waals surface area contributed by atoms with E-state index in [0.717, 1.165) is 48.1 Å². The maximum absolute atomic E-state index is 11.3. The lowest BCUT2D eigenvalue weighted by atomic mass is 9.94. The molecule has 0 bridgehead atoms. The Kier molecular flexibility index (Phi) is 8.24. The zero-order chi connectivity index (χ0) is 22.2. The van der Waals surface area contributed by atoms with Gasteiger partial charge in [0.15, 0.2) is 0 Å². The van der Waals surface area contributed by atoms with Crippen LogP contribution in [0.5, 0.6) is 0 Å². The van der Waals surface area contributed by atoms with Gasteiger partial charge in [0.1, 0.15) is 0 Å². The van der Waals surface area contributed by atoms with Gasteiger partial charge in [0.25, 0.3) is 0 Å².